The van der Waals surface area contributed by atoms with Gasteiger partial charge in [0.1, 0.15) is 5.41 Å². The highest BCUT2D eigenvalue weighted by molar-refractivity contribution is 7.89. The summed E-state index contributed by atoms with van der Waals surface area (Å²) in [6, 6.07) is 6.39. The second-order valence-electron chi connectivity index (χ2n) is 6.72. The van der Waals surface area contributed by atoms with E-state index >= 15 is 0 Å². The Morgan fingerprint density at radius 2 is 1.84 bits per heavy atom. The summed E-state index contributed by atoms with van der Waals surface area (Å²) in [5.74, 6) is -1.84. The molecule has 1 saturated heterocycles. The van der Waals surface area contributed by atoms with Crippen LogP contribution in [0.3, 0.4) is 0 Å². The Bertz CT molecular complexity index is 752. The molecule has 0 saturated carbocycles. The summed E-state index contributed by atoms with van der Waals surface area (Å²) < 4.78 is 26.9. The number of sulfonamides is 1. The molecule has 0 radical (unpaired) electrons. The van der Waals surface area contributed by atoms with Gasteiger partial charge in [0.25, 0.3) is 0 Å². The molecule has 1 aromatic carbocycles. The first-order valence-corrected chi connectivity index (χ1v) is 9.70. The van der Waals surface area contributed by atoms with E-state index in [0.717, 1.165) is 19.3 Å². The van der Waals surface area contributed by atoms with E-state index in [1.54, 1.807) is 12.1 Å². The molecule has 0 atom stereocenters. The number of hydrogen-bond acceptors (Lipinski definition) is 4. The van der Waals surface area contributed by atoms with Gasteiger partial charge in [-0.1, -0.05) is 18.6 Å². The zero-order chi connectivity index (χ0) is 18.7. The molecule has 2 N–H and O–H groups in total. The number of nitrogens with one attached hydrogen (secondary N) is 1. The van der Waals surface area contributed by atoms with Gasteiger partial charge >= 0.3 is 5.97 Å². The topological polar surface area (TPSA) is 104 Å². The fourth-order valence-corrected chi connectivity index (χ4v) is 4.16. The number of benzene rings is 1. The number of amides is 1. The van der Waals surface area contributed by atoms with Crippen molar-refractivity contribution in [2.45, 2.75) is 44.6 Å². The highest BCUT2D eigenvalue weighted by Gasteiger charge is 2.35. The Balaban J connectivity index is 2.11. The average Bonchev–Trinajstić information content (AvgIpc) is 2.60. The van der Waals surface area contributed by atoms with Gasteiger partial charge in [-0.2, -0.15) is 4.31 Å². The van der Waals surface area contributed by atoms with Crippen molar-refractivity contribution in [2.24, 2.45) is 5.41 Å². The highest BCUT2D eigenvalue weighted by Crippen LogP contribution is 2.21. The summed E-state index contributed by atoms with van der Waals surface area (Å²) in [4.78, 5) is 23.3. The van der Waals surface area contributed by atoms with Gasteiger partial charge in [0.15, 0.2) is 0 Å². The van der Waals surface area contributed by atoms with Crippen molar-refractivity contribution >= 4 is 21.9 Å². The number of carboxylic acids is 1. The third kappa shape index (κ3) is 4.38. The third-order valence-corrected chi connectivity index (χ3v) is 6.30. The maximum atomic E-state index is 12.7. The van der Waals surface area contributed by atoms with Crippen molar-refractivity contribution in [3.8, 4) is 0 Å². The molecule has 1 aromatic rings. The maximum Gasteiger partial charge on any atom is 0.318 e. The van der Waals surface area contributed by atoms with E-state index in [2.05, 4.69) is 5.32 Å². The Kier molecular flexibility index (Phi) is 5.84. The zero-order valence-electron chi connectivity index (χ0n) is 14.5. The average molecular weight is 368 g/mol. The SMILES string of the molecule is CC(C)(C(=O)O)C(=O)NCc1cccc(S(=O)(=O)N2CCCCC2)c1. The number of rotatable bonds is 6. The van der Waals surface area contributed by atoms with E-state index in [9.17, 15) is 18.0 Å². The minimum atomic E-state index is -3.54. The van der Waals surface area contributed by atoms with E-state index < -0.39 is 27.3 Å². The van der Waals surface area contributed by atoms with Crippen molar-refractivity contribution in [3.05, 3.63) is 29.8 Å². The molecule has 1 fully saturated rings. The van der Waals surface area contributed by atoms with Crippen LogP contribution >= 0.6 is 0 Å². The minimum Gasteiger partial charge on any atom is -0.480 e. The van der Waals surface area contributed by atoms with Crippen LogP contribution in [0.5, 0.6) is 0 Å². The van der Waals surface area contributed by atoms with Crippen molar-refractivity contribution in [1.82, 2.24) is 9.62 Å². The number of carbonyl (C=O) groups excluding carboxylic acids is 1. The van der Waals surface area contributed by atoms with Crippen molar-refractivity contribution in [3.63, 3.8) is 0 Å². The van der Waals surface area contributed by atoms with E-state index in [4.69, 9.17) is 5.11 Å². The molecule has 7 nitrogen and oxygen atoms in total. The predicted molar refractivity (Wildman–Crippen MR) is 92.3 cm³/mol. The fourth-order valence-electron chi connectivity index (χ4n) is 2.57. The Morgan fingerprint density at radius 1 is 1.20 bits per heavy atom. The Labute approximate surface area is 148 Å². The van der Waals surface area contributed by atoms with Gasteiger partial charge in [-0.3, -0.25) is 9.59 Å². The monoisotopic (exact) mass is 368 g/mol. The summed E-state index contributed by atoms with van der Waals surface area (Å²) in [6.07, 6.45) is 2.76. The molecule has 1 aliphatic rings. The molecule has 0 bridgehead atoms. The summed E-state index contributed by atoms with van der Waals surface area (Å²) >= 11 is 0. The van der Waals surface area contributed by atoms with Crippen LogP contribution in [-0.4, -0.2) is 42.8 Å². The van der Waals surface area contributed by atoms with Gasteiger partial charge in [0.05, 0.1) is 4.90 Å². The van der Waals surface area contributed by atoms with E-state index in [-0.39, 0.29) is 11.4 Å². The largest absolute Gasteiger partial charge is 0.480 e. The molecule has 138 valence electrons. The Hall–Kier alpha value is -1.93. The molecule has 0 aliphatic carbocycles. The van der Waals surface area contributed by atoms with Gasteiger partial charge in [-0.25, -0.2) is 8.42 Å². The van der Waals surface area contributed by atoms with Gasteiger partial charge < -0.3 is 10.4 Å². The van der Waals surface area contributed by atoms with Gasteiger partial charge in [0, 0.05) is 19.6 Å². The number of aliphatic carboxylic acids is 1. The van der Waals surface area contributed by atoms with Crippen LogP contribution in [0.25, 0.3) is 0 Å². The molecule has 1 aliphatic heterocycles. The number of carboxylic acid groups (broad SMARTS) is 1. The lowest BCUT2D eigenvalue weighted by molar-refractivity contribution is -0.153. The normalized spacial score (nSPS) is 16.4. The molecule has 0 aromatic heterocycles. The van der Waals surface area contributed by atoms with Crippen LogP contribution in [0.4, 0.5) is 0 Å². The molecule has 0 unspecified atom stereocenters. The predicted octanol–water partition coefficient (Wildman–Crippen LogP) is 1.59. The standard InChI is InChI=1S/C17H24N2O5S/c1-17(2,16(21)22)15(20)18-12-13-7-6-8-14(11-13)25(23,24)19-9-4-3-5-10-19/h6-8,11H,3-5,9-10,12H2,1-2H3,(H,18,20)(H,21,22). The number of hydrogen-bond donors (Lipinski definition) is 2. The first-order valence-electron chi connectivity index (χ1n) is 8.26. The van der Waals surface area contributed by atoms with Crippen LogP contribution in [-0.2, 0) is 26.2 Å². The number of carbonyl (C=O) groups is 2. The third-order valence-electron chi connectivity index (χ3n) is 4.41. The lowest BCUT2D eigenvalue weighted by atomic mass is 9.92. The van der Waals surface area contributed by atoms with Gasteiger partial charge in [-0.15, -0.1) is 0 Å². The lowest BCUT2D eigenvalue weighted by Gasteiger charge is -2.26. The quantitative estimate of drug-likeness (QED) is 0.742. The molecule has 8 heteroatoms. The van der Waals surface area contributed by atoms with E-state index in [1.807, 2.05) is 0 Å². The number of piperidine rings is 1. The molecule has 1 heterocycles. The Morgan fingerprint density at radius 3 is 2.44 bits per heavy atom. The second-order valence-corrected chi connectivity index (χ2v) is 8.66. The van der Waals surface area contributed by atoms with Crippen molar-refractivity contribution in [1.29, 1.82) is 0 Å². The molecule has 2 rings (SSSR count). The molecule has 1 amide bonds. The van der Waals surface area contributed by atoms with Crippen LogP contribution < -0.4 is 5.32 Å². The van der Waals surface area contributed by atoms with E-state index in [1.165, 1.54) is 30.3 Å². The van der Waals surface area contributed by atoms with Crippen LogP contribution in [0, 0.1) is 5.41 Å². The minimum absolute atomic E-state index is 0.0684. The summed E-state index contributed by atoms with van der Waals surface area (Å²) in [7, 11) is -3.54. The van der Waals surface area contributed by atoms with Gasteiger partial charge in [-0.05, 0) is 44.4 Å². The molecular formula is C17H24N2O5S. The number of nitrogens with zero attached hydrogens (tertiary/aromatic N) is 1. The summed E-state index contributed by atoms with van der Waals surface area (Å²) in [5, 5.41) is 11.6. The zero-order valence-corrected chi connectivity index (χ0v) is 15.3. The van der Waals surface area contributed by atoms with Crippen LogP contribution in [0.2, 0.25) is 0 Å². The summed E-state index contributed by atoms with van der Waals surface area (Å²) in [5.41, 5.74) is -0.940. The van der Waals surface area contributed by atoms with Crippen LogP contribution in [0.1, 0.15) is 38.7 Å². The summed E-state index contributed by atoms with van der Waals surface area (Å²) in [6.45, 7) is 3.76. The first kappa shape index (κ1) is 19.4. The maximum absolute atomic E-state index is 12.7. The second kappa shape index (κ2) is 7.53. The molecule has 0 spiro atoms. The van der Waals surface area contributed by atoms with Gasteiger partial charge in [0.2, 0.25) is 15.9 Å². The van der Waals surface area contributed by atoms with Crippen LogP contribution in [0.15, 0.2) is 29.2 Å². The first-order chi connectivity index (χ1) is 11.7. The smallest absolute Gasteiger partial charge is 0.318 e. The highest BCUT2D eigenvalue weighted by atomic mass is 32.2. The van der Waals surface area contributed by atoms with Crippen molar-refractivity contribution in [2.75, 3.05) is 13.1 Å². The van der Waals surface area contributed by atoms with E-state index in [0.29, 0.717) is 18.7 Å². The fraction of sp³-hybridized carbons (Fsp3) is 0.529. The molecule has 25 heavy (non-hydrogen) atoms. The lowest BCUT2D eigenvalue weighted by Crippen LogP contribution is -2.42. The van der Waals surface area contributed by atoms with Crippen molar-refractivity contribution < 1.29 is 23.1 Å². The molecular weight excluding hydrogens is 344 g/mol.